The summed E-state index contributed by atoms with van der Waals surface area (Å²) < 4.78 is 11.4. The predicted octanol–water partition coefficient (Wildman–Crippen LogP) is 4.34. The van der Waals surface area contributed by atoms with E-state index in [9.17, 15) is 0 Å². The van der Waals surface area contributed by atoms with Crippen LogP contribution < -0.4 is 9.47 Å². The fourth-order valence-corrected chi connectivity index (χ4v) is 4.12. The van der Waals surface area contributed by atoms with Gasteiger partial charge in [0.15, 0.2) is 11.5 Å². The summed E-state index contributed by atoms with van der Waals surface area (Å²) in [6, 6.07) is 17.6. The third-order valence-electron chi connectivity index (χ3n) is 5.37. The van der Waals surface area contributed by atoms with Crippen LogP contribution >= 0.6 is 0 Å². The minimum absolute atomic E-state index is 0.440. The lowest BCUT2D eigenvalue weighted by Gasteiger charge is -2.26. The second-order valence-electron chi connectivity index (χ2n) is 7.06. The second-order valence-corrected chi connectivity index (χ2v) is 7.06. The summed E-state index contributed by atoms with van der Waals surface area (Å²) in [5.41, 5.74) is 3.73. The van der Waals surface area contributed by atoms with E-state index in [4.69, 9.17) is 9.47 Å². The molecule has 5 rings (SSSR count). The van der Waals surface area contributed by atoms with Gasteiger partial charge in [-0.3, -0.25) is 9.88 Å². The molecule has 1 saturated heterocycles. The van der Waals surface area contributed by atoms with Crippen LogP contribution in [0.5, 0.6) is 11.5 Å². The first-order chi connectivity index (χ1) is 12.9. The Morgan fingerprint density at radius 1 is 1.00 bits per heavy atom. The molecule has 4 heteroatoms. The van der Waals surface area contributed by atoms with Gasteiger partial charge in [0.05, 0.1) is 5.52 Å². The molecule has 0 aliphatic carbocycles. The van der Waals surface area contributed by atoms with Gasteiger partial charge >= 0.3 is 0 Å². The Morgan fingerprint density at radius 3 is 2.88 bits per heavy atom. The lowest BCUT2D eigenvalue weighted by Crippen LogP contribution is -2.23. The predicted molar refractivity (Wildman–Crippen MR) is 102 cm³/mol. The van der Waals surface area contributed by atoms with E-state index in [0.29, 0.717) is 19.3 Å². The Hall–Kier alpha value is -2.59. The van der Waals surface area contributed by atoms with Crippen LogP contribution in [0.1, 0.15) is 30.0 Å². The molecule has 0 radical (unpaired) electrons. The highest BCUT2D eigenvalue weighted by molar-refractivity contribution is 5.78. The van der Waals surface area contributed by atoms with E-state index >= 15 is 0 Å². The molecule has 0 amide bonds. The van der Waals surface area contributed by atoms with Crippen molar-refractivity contribution in [2.24, 2.45) is 0 Å². The average Bonchev–Trinajstić information content (AvgIpc) is 3.15. The highest BCUT2D eigenvalue weighted by Crippen LogP contribution is 2.38. The van der Waals surface area contributed by atoms with Crippen molar-refractivity contribution in [3.8, 4) is 11.5 Å². The maximum atomic E-state index is 5.77. The van der Waals surface area contributed by atoms with Gasteiger partial charge in [-0.05, 0) is 60.8 Å². The smallest absolute Gasteiger partial charge is 0.161 e. The van der Waals surface area contributed by atoms with Crippen LogP contribution in [-0.4, -0.2) is 29.6 Å². The molecule has 1 atom stereocenters. The Labute approximate surface area is 153 Å². The molecule has 0 unspecified atom stereocenters. The zero-order valence-electron chi connectivity index (χ0n) is 14.7. The van der Waals surface area contributed by atoms with E-state index in [0.717, 1.165) is 30.1 Å². The van der Waals surface area contributed by atoms with Crippen LogP contribution in [0, 0.1) is 0 Å². The quantitative estimate of drug-likeness (QED) is 0.706. The largest absolute Gasteiger partial charge is 0.486 e. The fraction of sp³-hybridized carbons (Fsp3) is 0.318. The molecule has 2 aromatic carbocycles. The average molecular weight is 346 g/mol. The van der Waals surface area contributed by atoms with Crippen molar-refractivity contribution >= 4 is 10.9 Å². The van der Waals surface area contributed by atoms with E-state index in [1.165, 1.54) is 29.4 Å². The summed E-state index contributed by atoms with van der Waals surface area (Å²) in [6.45, 7) is 3.36. The number of nitrogens with zero attached hydrogens (tertiary/aromatic N) is 2. The Morgan fingerprint density at radius 2 is 1.92 bits per heavy atom. The molecule has 3 aromatic rings. The number of hydrogen-bond acceptors (Lipinski definition) is 4. The van der Waals surface area contributed by atoms with Gasteiger partial charge in [-0.1, -0.05) is 18.2 Å². The molecule has 2 aliphatic heterocycles. The Bertz CT molecular complexity index is 940. The van der Waals surface area contributed by atoms with Gasteiger partial charge in [-0.15, -0.1) is 0 Å². The molecular formula is C22H22N2O2. The first-order valence-electron chi connectivity index (χ1n) is 9.34. The lowest BCUT2D eigenvalue weighted by molar-refractivity contribution is 0.170. The van der Waals surface area contributed by atoms with Gasteiger partial charge in [0.25, 0.3) is 0 Å². The maximum absolute atomic E-state index is 5.77. The highest BCUT2D eigenvalue weighted by Gasteiger charge is 2.27. The van der Waals surface area contributed by atoms with E-state index in [1.807, 2.05) is 12.3 Å². The second kappa shape index (κ2) is 6.61. The lowest BCUT2D eigenvalue weighted by atomic mass is 10.0. The van der Waals surface area contributed by atoms with Crippen LogP contribution in [0.2, 0.25) is 0 Å². The Balaban J connectivity index is 1.39. The maximum Gasteiger partial charge on any atom is 0.161 e. The summed E-state index contributed by atoms with van der Waals surface area (Å²) >= 11 is 0. The van der Waals surface area contributed by atoms with Crippen LogP contribution in [0.4, 0.5) is 0 Å². The van der Waals surface area contributed by atoms with E-state index < -0.39 is 0 Å². The number of pyridine rings is 1. The first-order valence-corrected chi connectivity index (χ1v) is 9.34. The summed E-state index contributed by atoms with van der Waals surface area (Å²) in [4.78, 5) is 6.99. The molecule has 1 fully saturated rings. The third kappa shape index (κ3) is 2.90. The SMILES string of the molecule is c1cnc2ccc(CN3CCC[C@@H]3c3ccc4c(c3)OCCO4)cc2c1. The first kappa shape index (κ1) is 15.6. The third-order valence-corrected chi connectivity index (χ3v) is 5.37. The van der Waals surface area contributed by atoms with Gasteiger partial charge < -0.3 is 9.47 Å². The molecular weight excluding hydrogens is 324 g/mol. The summed E-state index contributed by atoms with van der Waals surface area (Å²) in [7, 11) is 0. The highest BCUT2D eigenvalue weighted by atomic mass is 16.6. The van der Waals surface area contributed by atoms with Crippen molar-refractivity contribution in [3.05, 3.63) is 65.9 Å². The van der Waals surface area contributed by atoms with Gasteiger partial charge in [0.2, 0.25) is 0 Å². The summed E-state index contributed by atoms with van der Waals surface area (Å²) in [5, 5.41) is 1.21. The van der Waals surface area contributed by atoms with Crippen LogP contribution in [-0.2, 0) is 6.54 Å². The molecule has 1 aromatic heterocycles. The number of aromatic nitrogens is 1. The molecule has 0 bridgehead atoms. The van der Waals surface area contributed by atoms with Gasteiger partial charge in [0, 0.05) is 24.2 Å². The number of hydrogen-bond donors (Lipinski definition) is 0. The number of benzene rings is 2. The molecule has 2 aliphatic rings. The summed E-state index contributed by atoms with van der Waals surface area (Å²) in [6.07, 6.45) is 4.27. The van der Waals surface area contributed by atoms with Crippen molar-refractivity contribution < 1.29 is 9.47 Å². The molecule has 0 spiro atoms. The standard InChI is InChI=1S/C22H22N2O2/c1-3-17-13-16(5-7-19(17)23-9-1)15-24-10-2-4-20(24)18-6-8-21-22(14-18)26-12-11-25-21/h1,3,5-9,13-14,20H,2,4,10-12,15H2/t20-/m1/s1. The monoisotopic (exact) mass is 346 g/mol. The van der Waals surface area contributed by atoms with E-state index in [-0.39, 0.29) is 0 Å². The van der Waals surface area contributed by atoms with E-state index in [1.54, 1.807) is 0 Å². The molecule has 26 heavy (non-hydrogen) atoms. The molecule has 132 valence electrons. The van der Waals surface area contributed by atoms with Gasteiger partial charge in [-0.2, -0.15) is 0 Å². The minimum atomic E-state index is 0.440. The molecule has 3 heterocycles. The molecule has 4 nitrogen and oxygen atoms in total. The van der Waals surface area contributed by atoms with Crippen LogP contribution in [0.25, 0.3) is 10.9 Å². The van der Waals surface area contributed by atoms with Crippen molar-refractivity contribution in [1.29, 1.82) is 0 Å². The van der Waals surface area contributed by atoms with E-state index in [2.05, 4.69) is 52.3 Å². The van der Waals surface area contributed by atoms with Gasteiger partial charge in [0.1, 0.15) is 13.2 Å². The molecule has 0 saturated carbocycles. The van der Waals surface area contributed by atoms with Crippen molar-refractivity contribution in [2.75, 3.05) is 19.8 Å². The minimum Gasteiger partial charge on any atom is -0.486 e. The topological polar surface area (TPSA) is 34.6 Å². The zero-order valence-corrected chi connectivity index (χ0v) is 14.7. The molecule has 0 N–H and O–H groups in total. The van der Waals surface area contributed by atoms with Crippen LogP contribution in [0.15, 0.2) is 54.7 Å². The fourth-order valence-electron chi connectivity index (χ4n) is 4.12. The number of likely N-dealkylation sites (tertiary alicyclic amines) is 1. The number of rotatable bonds is 3. The van der Waals surface area contributed by atoms with Crippen LogP contribution in [0.3, 0.4) is 0 Å². The number of fused-ring (bicyclic) bond motifs is 2. The zero-order chi connectivity index (χ0) is 17.3. The van der Waals surface area contributed by atoms with Crippen molar-refractivity contribution in [1.82, 2.24) is 9.88 Å². The van der Waals surface area contributed by atoms with Crippen molar-refractivity contribution in [3.63, 3.8) is 0 Å². The number of ether oxygens (including phenoxy) is 2. The Kier molecular flexibility index (Phi) is 3.98. The summed E-state index contributed by atoms with van der Waals surface area (Å²) in [5.74, 6) is 1.75. The van der Waals surface area contributed by atoms with Gasteiger partial charge in [-0.25, -0.2) is 0 Å². The van der Waals surface area contributed by atoms with Crippen molar-refractivity contribution in [2.45, 2.75) is 25.4 Å². The normalized spacial score (nSPS) is 19.8.